The summed E-state index contributed by atoms with van der Waals surface area (Å²) in [6.07, 6.45) is 0. The average Bonchev–Trinajstić information content (AvgIpc) is 3.00. The van der Waals surface area contributed by atoms with Crippen LogP contribution in [0.1, 0.15) is 11.1 Å². The Morgan fingerprint density at radius 2 is 1.76 bits per heavy atom. The fourth-order valence-electron chi connectivity index (χ4n) is 3.05. The van der Waals surface area contributed by atoms with Gasteiger partial charge in [-0.3, -0.25) is 14.1 Å². The summed E-state index contributed by atoms with van der Waals surface area (Å²) in [6.45, 7) is 2.16. The first-order chi connectivity index (χ1) is 13.8. The molecule has 148 valence electrons. The van der Waals surface area contributed by atoms with E-state index in [1.165, 1.54) is 12.1 Å². The average molecular weight is 445 g/mol. The van der Waals surface area contributed by atoms with E-state index in [2.05, 4.69) is 4.72 Å². The van der Waals surface area contributed by atoms with E-state index in [9.17, 15) is 13.2 Å². The summed E-state index contributed by atoms with van der Waals surface area (Å²) in [6, 6.07) is 19.2. The Morgan fingerprint density at radius 1 is 1.03 bits per heavy atom. The van der Waals surface area contributed by atoms with Crippen molar-refractivity contribution in [2.24, 2.45) is 0 Å². The third-order valence-electron chi connectivity index (χ3n) is 4.63. The number of nitrogens with zero attached hydrogens (tertiary/aromatic N) is 1. The number of hydrogen-bond donors (Lipinski definition) is 1. The Morgan fingerprint density at radius 3 is 2.52 bits per heavy atom. The van der Waals surface area contributed by atoms with Crippen molar-refractivity contribution >= 4 is 48.9 Å². The molecule has 0 aliphatic heterocycles. The van der Waals surface area contributed by atoms with Gasteiger partial charge >= 0.3 is 4.87 Å². The molecule has 29 heavy (non-hydrogen) atoms. The van der Waals surface area contributed by atoms with Crippen LogP contribution in [-0.4, -0.2) is 13.0 Å². The molecule has 0 radical (unpaired) electrons. The molecule has 0 amide bonds. The summed E-state index contributed by atoms with van der Waals surface area (Å²) < 4.78 is 30.5. The number of para-hydroxylation sites is 1. The second kappa shape index (κ2) is 7.67. The predicted octanol–water partition coefficient (Wildman–Crippen LogP) is 4.87. The first-order valence-electron chi connectivity index (χ1n) is 8.80. The maximum absolute atomic E-state index is 12.8. The van der Waals surface area contributed by atoms with Gasteiger partial charge in [0.25, 0.3) is 10.0 Å². The van der Waals surface area contributed by atoms with E-state index in [1.807, 2.05) is 37.3 Å². The molecule has 1 N–H and O–H groups in total. The van der Waals surface area contributed by atoms with Crippen LogP contribution in [0.25, 0.3) is 10.2 Å². The van der Waals surface area contributed by atoms with E-state index in [-0.39, 0.29) is 9.77 Å². The highest BCUT2D eigenvalue weighted by molar-refractivity contribution is 7.92. The smallest absolute Gasteiger partial charge is 0.294 e. The van der Waals surface area contributed by atoms with Gasteiger partial charge in [-0.25, -0.2) is 8.42 Å². The van der Waals surface area contributed by atoms with Gasteiger partial charge in [0.15, 0.2) is 0 Å². The maximum Gasteiger partial charge on any atom is 0.308 e. The number of rotatable bonds is 5. The Balaban J connectivity index is 1.71. The first kappa shape index (κ1) is 19.7. The van der Waals surface area contributed by atoms with E-state index in [4.69, 9.17) is 11.6 Å². The SMILES string of the molecule is Cc1ccccc1NS(=O)(=O)c1ccc2c(c1)sc(=O)n2Cc1ccccc1Cl. The molecule has 0 bridgehead atoms. The van der Waals surface area contributed by atoms with Crippen molar-refractivity contribution in [1.82, 2.24) is 4.57 Å². The minimum atomic E-state index is -3.77. The molecule has 4 aromatic rings. The Labute approximate surface area is 177 Å². The molecule has 0 atom stereocenters. The van der Waals surface area contributed by atoms with Gasteiger partial charge in [-0.05, 0) is 48.4 Å². The van der Waals surface area contributed by atoms with Crippen molar-refractivity contribution in [3.05, 3.63) is 92.5 Å². The number of anilines is 1. The lowest BCUT2D eigenvalue weighted by atomic mass is 10.2. The maximum atomic E-state index is 12.8. The zero-order chi connectivity index (χ0) is 20.6. The summed E-state index contributed by atoms with van der Waals surface area (Å²) in [4.78, 5) is 12.5. The minimum absolute atomic E-state index is 0.111. The summed E-state index contributed by atoms with van der Waals surface area (Å²) in [7, 11) is -3.77. The third-order valence-corrected chi connectivity index (χ3v) is 7.30. The molecule has 0 spiro atoms. The van der Waals surface area contributed by atoms with Crippen LogP contribution in [0.3, 0.4) is 0 Å². The monoisotopic (exact) mass is 444 g/mol. The zero-order valence-electron chi connectivity index (χ0n) is 15.4. The van der Waals surface area contributed by atoms with Gasteiger partial charge in [0, 0.05) is 5.02 Å². The van der Waals surface area contributed by atoms with Gasteiger partial charge in [-0.1, -0.05) is 59.3 Å². The van der Waals surface area contributed by atoms with Gasteiger partial charge in [0.05, 0.1) is 27.3 Å². The lowest BCUT2D eigenvalue weighted by Crippen LogP contribution is -2.14. The van der Waals surface area contributed by atoms with Gasteiger partial charge < -0.3 is 0 Å². The largest absolute Gasteiger partial charge is 0.308 e. The summed E-state index contributed by atoms with van der Waals surface area (Å²) in [5.74, 6) is 0. The lowest BCUT2D eigenvalue weighted by molar-refractivity contribution is 0.601. The number of benzene rings is 3. The normalized spacial score (nSPS) is 11.7. The minimum Gasteiger partial charge on any atom is -0.294 e. The number of thiazole rings is 1. The second-order valence-corrected chi connectivity index (χ2v) is 9.68. The Kier molecular flexibility index (Phi) is 5.21. The number of halogens is 1. The van der Waals surface area contributed by atoms with Gasteiger partial charge in [0.2, 0.25) is 0 Å². The number of nitrogens with one attached hydrogen (secondary N) is 1. The molecule has 1 heterocycles. The van der Waals surface area contributed by atoms with E-state index in [0.717, 1.165) is 22.5 Å². The fraction of sp³-hybridized carbons (Fsp3) is 0.0952. The molecule has 0 aliphatic carbocycles. The number of aryl methyl sites for hydroxylation is 1. The molecule has 3 aromatic carbocycles. The second-order valence-electron chi connectivity index (χ2n) is 6.60. The predicted molar refractivity (Wildman–Crippen MR) is 119 cm³/mol. The van der Waals surface area contributed by atoms with Crippen LogP contribution >= 0.6 is 22.9 Å². The summed E-state index contributed by atoms with van der Waals surface area (Å²) >= 11 is 7.24. The topological polar surface area (TPSA) is 68.2 Å². The van der Waals surface area contributed by atoms with Crippen LogP contribution < -0.4 is 9.60 Å². The zero-order valence-corrected chi connectivity index (χ0v) is 17.8. The van der Waals surface area contributed by atoms with Crippen LogP contribution in [0, 0.1) is 6.92 Å². The van der Waals surface area contributed by atoms with Crippen LogP contribution in [-0.2, 0) is 16.6 Å². The molecule has 0 unspecified atom stereocenters. The van der Waals surface area contributed by atoms with E-state index < -0.39 is 10.0 Å². The summed E-state index contributed by atoms with van der Waals surface area (Å²) in [5.41, 5.74) is 2.86. The van der Waals surface area contributed by atoms with E-state index in [1.54, 1.807) is 28.8 Å². The molecule has 0 saturated heterocycles. The van der Waals surface area contributed by atoms with Crippen molar-refractivity contribution in [2.75, 3.05) is 4.72 Å². The van der Waals surface area contributed by atoms with Gasteiger partial charge in [-0.15, -0.1) is 0 Å². The highest BCUT2D eigenvalue weighted by Gasteiger charge is 2.18. The van der Waals surface area contributed by atoms with Gasteiger partial charge in [0.1, 0.15) is 0 Å². The summed E-state index contributed by atoms with van der Waals surface area (Å²) in [5, 5.41) is 0.584. The molecular formula is C21H17ClN2O3S2. The molecule has 1 aromatic heterocycles. The van der Waals surface area contributed by atoms with Gasteiger partial charge in [-0.2, -0.15) is 0 Å². The standard InChI is InChI=1S/C21H17ClN2O3S2/c1-14-6-2-5-9-18(14)23-29(26,27)16-10-11-19-20(12-16)28-21(25)24(19)13-15-7-3-4-8-17(15)22/h2-12,23H,13H2,1H3. The van der Waals surface area contributed by atoms with Crippen LogP contribution in [0.15, 0.2) is 76.4 Å². The highest BCUT2D eigenvalue weighted by Crippen LogP contribution is 2.26. The highest BCUT2D eigenvalue weighted by atomic mass is 35.5. The number of hydrogen-bond acceptors (Lipinski definition) is 4. The molecule has 4 rings (SSSR count). The van der Waals surface area contributed by atoms with E-state index in [0.29, 0.717) is 27.5 Å². The molecule has 5 nitrogen and oxygen atoms in total. The first-order valence-corrected chi connectivity index (χ1v) is 11.5. The molecule has 0 saturated carbocycles. The third kappa shape index (κ3) is 3.94. The Bertz CT molecular complexity index is 1370. The molecular weight excluding hydrogens is 428 g/mol. The van der Waals surface area contributed by atoms with Crippen molar-refractivity contribution < 1.29 is 8.42 Å². The Hall–Kier alpha value is -2.61. The molecule has 8 heteroatoms. The lowest BCUT2D eigenvalue weighted by Gasteiger charge is -2.11. The van der Waals surface area contributed by atoms with E-state index >= 15 is 0 Å². The number of sulfonamides is 1. The van der Waals surface area contributed by atoms with Crippen molar-refractivity contribution in [1.29, 1.82) is 0 Å². The number of fused-ring (bicyclic) bond motifs is 1. The molecule has 0 aliphatic rings. The van der Waals surface area contributed by atoms with Crippen molar-refractivity contribution in [3.8, 4) is 0 Å². The van der Waals surface area contributed by atoms with Crippen LogP contribution in [0.2, 0.25) is 5.02 Å². The van der Waals surface area contributed by atoms with Crippen molar-refractivity contribution in [2.45, 2.75) is 18.4 Å². The van der Waals surface area contributed by atoms with Crippen LogP contribution in [0.5, 0.6) is 0 Å². The van der Waals surface area contributed by atoms with Crippen LogP contribution in [0.4, 0.5) is 5.69 Å². The van der Waals surface area contributed by atoms with Crippen molar-refractivity contribution in [3.63, 3.8) is 0 Å². The molecule has 0 fully saturated rings. The fourth-order valence-corrected chi connectivity index (χ4v) is 5.41. The number of aromatic nitrogens is 1. The quantitative estimate of drug-likeness (QED) is 0.477.